The first-order valence-electron chi connectivity index (χ1n) is 10.4. The molecule has 0 radical (unpaired) electrons. The standard InChI is InChI=1S/C24H25N3O4S/c1-15(28)27-20(14-32-22(27)16-8-7-11-25-12-16)21(29)18-13-26(23(30)31-24(2,3)4)19-10-6-5-9-17(18)19/h5-13,20,22H,14H2,1-4H3. The molecule has 1 fully saturated rings. The highest BCUT2D eigenvalue weighted by atomic mass is 32.2. The second kappa shape index (κ2) is 8.43. The van der Waals surface area contributed by atoms with Crippen LogP contribution in [0.5, 0.6) is 0 Å². The van der Waals surface area contributed by atoms with Crippen molar-refractivity contribution in [2.45, 2.75) is 44.7 Å². The van der Waals surface area contributed by atoms with Crippen molar-refractivity contribution in [1.82, 2.24) is 14.5 Å². The molecule has 0 N–H and O–H groups in total. The molecule has 2 atom stereocenters. The zero-order chi connectivity index (χ0) is 23.0. The molecular weight excluding hydrogens is 426 g/mol. The second-order valence-corrected chi connectivity index (χ2v) is 9.80. The number of thioether (sulfide) groups is 1. The molecule has 4 rings (SSSR count). The van der Waals surface area contributed by atoms with E-state index in [1.807, 2.05) is 30.3 Å². The van der Waals surface area contributed by atoms with Gasteiger partial charge in [0.1, 0.15) is 17.0 Å². The number of ether oxygens (including phenoxy) is 1. The number of hydrogen-bond acceptors (Lipinski definition) is 6. The van der Waals surface area contributed by atoms with E-state index in [-0.39, 0.29) is 17.1 Å². The molecule has 1 amide bonds. The van der Waals surface area contributed by atoms with Crippen molar-refractivity contribution in [1.29, 1.82) is 0 Å². The first-order chi connectivity index (χ1) is 15.2. The van der Waals surface area contributed by atoms with E-state index in [9.17, 15) is 14.4 Å². The third kappa shape index (κ3) is 4.14. The van der Waals surface area contributed by atoms with Crippen LogP contribution in [0.25, 0.3) is 10.9 Å². The number of Topliss-reactive ketones (excluding diaryl/α,β-unsaturated/α-hetero) is 1. The van der Waals surface area contributed by atoms with E-state index in [0.29, 0.717) is 22.2 Å². The van der Waals surface area contributed by atoms with Crippen molar-refractivity contribution in [3.05, 3.63) is 66.1 Å². The maximum atomic E-state index is 13.7. The molecule has 0 spiro atoms. The Morgan fingerprint density at radius 1 is 1.12 bits per heavy atom. The summed E-state index contributed by atoms with van der Waals surface area (Å²) in [6.07, 6.45) is 4.37. The van der Waals surface area contributed by atoms with Crippen molar-refractivity contribution in [3.8, 4) is 0 Å². The zero-order valence-corrected chi connectivity index (χ0v) is 19.3. The molecule has 32 heavy (non-hydrogen) atoms. The van der Waals surface area contributed by atoms with Crippen molar-refractivity contribution < 1.29 is 19.1 Å². The molecule has 0 bridgehead atoms. The summed E-state index contributed by atoms with van der Waals surface area (Å²) < 4.78 is 6.89. The van der Waals surface area contributed by atoms with E-state index in [2.05, 4.69) is 4.98 Å². The molecule has 8 heteroatoms. The SMILES string of the molecule is CC(=O)N1C(C(=O)c2cn(C(=O)OC(C)(C)C)c3ccccc23)CSC1c1cccnc1. The number of pyridine rings is 1. The summed E-state index contributed by atoms with van der Waals surface area (Å²) in [6, 6.07) is 10.3. The van der Waals surface area contributed by atoms with Crippen LogP contribution in [0.2, 0.25) is 0 Å². The summed E-state index contributed by atoms with van der Waals surface area (Å²) >= 11 is 1.54. The summed E-state index contributed by atoms with van der Waals surface area (Å²) in [7, 11) is 0. The Bertz CT molecular complexity index is 1180. The highest BCUT2D eigenvalue weighted by Gasteiger charge is 2.42. The third-order valence-corrected chi connectivity index (χ3v) is 6.53. The Morgan fingerprint density at radius 2 is 1.88 bits per heavy atom. The van der Waals surface area contributed by atoms with Crippen LogP contribution < -0.4 is 0 Å². The van der Waals surface area contributed by atoms with Crippen molar-refractivity contribution >= 4 is 40.4 Å². The molecule has 166 valence electrons. The Hall–Kier alpha value is -3.13. The lowest BCUT2D eigenvalue weighted by Gasteiger charge is -2.27. The average molecular weight is 452 g/mol. The number of aromatic nitrogens is 2. The molecule has 1 aromatic carbocycles. The monoisotopic (exact) mass is 451 g/mol. The predicted molar refractivity (Wildman–Crippen MR) is 124 cm³/mol. The fourth-order valence-electron chi connectivity index (χ4n) is 3.89. The Kier molecular flexibility index (Phi) is 5.81. The van der Waals surface area contributed by atoms with Gasteiger partial charge in [-0.3, -0.25) is 19.1 Å². The fourth-order valence-corrected chi connectivity index (χ4v) is 5.35. The van der Waals surface area contributed by atoms with Gasteiger partial charge < -0.3 is 9.64 Å². The maximum absolute atomic E-state index is 13.7. The zero-order valence-electron chi connectivity index (χ0n) is 18.4. The normalized spacial score (nSPS) is 18.7. The van der Waals surface area contributed by atoms with E-state index in [1.54, 1.807) is 44.1 Å². The van der Waals surface area contributed by atoms with Gasteiger partial charge in [-0.05, 0) is 32.9 Å². The van der Waals surface area contributed by atoms with E-state index in [0.717, 1.165) is 5.56 Å². The largest absolute Gasteiger partial charge is 0.443 e. The predicted octanol–water partition coefficient (Wildman–Crippen LogP) is 4.66. The second-order valence-electron chi connectivity index (χ2n) is 8.69. The summed E-state index contributed by atoms with van der Waals surface area (Å²) in [5.41, 5.74) is 1.19. The summed E-state index contributed by atoms with van der Waals surface area (Å²) in [5, 5.41) is 0.371. The highest BCUT2D eigenvalue weighted by molar-refractivity contribution is 7.99. The van der Waals surface area contributed by atoms with Gasteiger partial charge in [0.2, 0.25) is 5.91 Å². The first-order valence-corrected chi connectivity index (χ1v) is 11.4. The van der Waals surface area contributed by atoms with Crippen molar-refractivity contribution in [2.24, 2.45) is 0 Å². The van der Waals surface area contributed by atoms with Crippen LogP contribution in [0.4, 0.5) is 4.79 Å². The maximum Gasteiger partial charge on any atom is 0.419 e. The molecule has 0 saturated carbocycles. The Labute approximate surface area is 190 Å². The molecule has 2 aromatic heterocycles. The van der Waals surface area contributed by atoms with E-state index in [1.165, 1.54) is 29.4 Å². The van der Waals surface area contributed by atoms with Gasteiger partial charge >= 0.3 is 6.09 Å². The van der Waals surface area contributed by atoms with Gasteiger partial charge in [-0.25, -0.2) is 4.79 Å². The topological polar surface area (TPSA) is 81.5 Å². The fraction of sp³-hybridized carbons (Fsp3) is 0.333. The molecule has 0 aliphatic carbocycles. The minimum absolute atomic E-state index is 0.182. The number of ketones is 1. The summed E-state index contributed by atoms with van der Waals surface area (Å²) in [4.78, 5) is 44.8. The number of carbonyl (C=O) groups excluding carboxylic acids is 3. The smallest absolute Gasteiger partial charge is 0.419 e. The molecule has 1 aliphatic heterocycles. The number of hydrogen-bond donors (Lipinski definition) is 0. The van der Waals surface area contributed by atoms with Gasteiger partial charge in [0.05, 0.1) is 5.52 Å². The number of amides is 1. The van der Waals surface area contributed by atoms with Crippen LogP contribution in [0, 0.1) is 0 Å². The Balaban J connectivity index is 1.72. The van der Waals surface area contributed by atoms with Crippen molar-refractivity contribution in [3.63, 3.8) is 0 Å². The van der Waals surface area contributed by atoms with Crippen LogP contribution in [0.3, 0.4) is 0 Å². The van der Waals surface area contributed by atoms with Crippen LogP contribution in [0.1, 0.15) is 49.0 Å². The van der Waals surface area contributed by atoms with Crippen molar-refractivity contribution in [2.75, 3.05) is 5.75 Å². The Morgan fingerprint density at radius 3 is 2.53 bits per heavy atom. The number of benzene rings is 1. The molecule has 1 aliphatic rings. The number of fused-ring (bicyclic) bond motifs is 1. The van der Waals surface area contributed by atoms with Crippen LogP contribution >= 0.6 is 11.8 Å². The lowest BCUT2D eigenvalue weighted by Crippen LogP contribution is -2.41. The molecule has 7 nitrogen and oxygen atoms in total. The van der Waals surface area contributed by atoms with Gasteiger partial charge in [-0.15, -0.1) is 11.8 Å². The van der Waals surface area contributed by atoms with Gasteiger partial charge in [-0.2, -0.15) is 0 Å². The van der Waals surface area contributed by atoms with Gasteiger partial charge in [-0.1, -0.05) is 24.3 Å². The summed E-state index contributed by atoms with van der Waals surface area (Å²) in [6.45, 7) is 6.85. The lowest BCUT2D eigenvalue weighted by molar-refractivity contribution is -0.130. The molecule has 3 heterocycles. The van der Waals surface area contributed by atoms with E-state index < -0.39 is 17.7 Å². The minimum atomic E-state index is -0.670. The van der Waals surface area contributed by atoms with Gasteiger partial charge in [0.15, 0.2) is 5.78 Å². The van der Waals surface area contributed by atoms with E-state index in [4.69, 9.17) is 4.74 Å². The van der Waals surface area contributed by atoms with Crippen LogP contribution in [-0.2, 0) is 9.53 Å². The number of para-hydroxylation sites is 1. The number of rotatable bonds is 3. The lowest BCUT2D eigenvalue weighted by atomic mass is 10.0. The average Bonchev–Trinajstić information content (AvgIpc) is 3.35. The molecule has 2 unspecified atom stereocenters. The van der Waals surface area contributed by atoms with E-state index >= 15 is 0 Å². The third-order valence-electron chi connectivity index (χ3n) is 5.20. The quantitative estimate of drug-likeness (QED) is 0.539. The molecule has 3 aromatic rings. The van der Waals surface area contributed by atoms with Crippen LogP contribution in [-0.4, -0.2) is 49.6 Å². The highest BCUT2D eigenvalue weighted by Crippen LogP contribution is 2.42. The number of nitrogens with zero attached hydrogens (tertiary/aromatic N) is 3. The van der Waals surface area contributed by atoms with Crippen LogP contribution in [0.15, 0.2) is 55.0 Å². The molecule has 1 saturated heterocycles. The minimum Gasteiger partial charge on any atom is -0.443 e. The van der Waals surface area contributed by atoms with Gasteiger partial charge in [0.25, 0.3) is 0 Å². The molecular formula is C24H25N3O4S. The first kappa shape index (κ1) is 22.1. The number of carbonyl (C=O) groups is 3. The summed E-state index contributed by atoms with van der Waals surface area (Å²) in [5.74, 6) is 0.0832. The van der Waals surface area contributed by atoms with Gasteiger partial charge in [0, 0.05) is 47.8 Å².